The molecule has 1 aromatic heterocycles. The second-order valence-corrected chi connectivity index (χ2v) is 6.92. The van der Waals surface area contributed by atoms with Crippen LogP contribution in [0.5, 0.6) is 0 Å². The van der Waals surface area contributed by atoms with Crippen LogP contribution in [-0.2, 0) is 6.54 Å². The van der Waals surface area contributed by atoms with E-state index in [1.165, 1.54) is 0 Å². The van der Waals surface area contributed by atoms with Crippen molar-refractivity contribution in [3.63, 3.8) is 0 Å². The third-order valence-corrected chi connectivity index (χ3v) is 5.22. The number of fused-ring (bicyclic) bond motifs is 3. The summed E-state index contributed by atoms with van der Waals surface area (Å²) in [6, 6.07) is 21.6. The highest BCUT2D eigenvalue weighted by molar-refractivity contribution is 6.29. The number of carbonyl (C=O) groups excluding carboxylic acids is 2. The molecule has 3 aromatic carbocycles. The Bertz CT molecular complexity index is 1330. The zero-order valence-electron chi connectivity index (χ0n) is 14.9. The van der Waals surface area contributed by atoms with Gasteiger partial charge in [-0.25, -0.2) is 0 Å². The Labute approximate surface area is 160 Å². The Balaban J connectivity index is 1.68. The molecule has 28 heavy (non-hydrogen) atoms. The Morgan fingerprint density at radius 2 is 1.25 bits per heavy atom. The zero-order valence-corrected chi connectivity index (χ0v) is 14.9. The van der Waals surface area contributed by atoms with Crippen molar-refractivity contribution in [2.45, 2.75) is 6.54 Å². The number of hydrogen-bond donors (Lipinski definition) is 0. The van der Waals surface area contributed by atoms with E-state index in [9.17, 15) is 14.4 Å². The minimum absolute atomic E-state index is 0.178. The predicted octanol–water partition coefficient (Wildman–Crippen LogP) is 3.83. The fraction of sp³-hybridized carbons (Fsp3) is 0.0417. The molecule has 0 bridgehead atoms. The van der Waals surface area contributed by atoms with Crippen molar-refractivity contribution in [3.8, 4) is 0 Å². The summed E-state index contributed by atoms with van der Waals surface area (Å²) in [6.07, 6.45) is 1.73. The smallest absolute Gasteiger partial charge is 0.258 e. The van der Waals surface area contributed by atoms with Crippen LogP contribution in [0, 0.1) is 0 Å². The van der Waals surface area contributed by atoms with Gasteiger partial charge in [0.1, 0.15) is 0 Å². The molecule has 0 unspecified atom stereocenters. The second kappa shape index (κ2) is 6.13. The molecule has 1 aliphatic carbocycles. The third-order valence-electron chi connectivity index (χ3n) is 5.22. The largest absolute Gasteiger partial charge is 0.311 e. The van der Waals surface area contributed by atoms with Gasteiger partial charge in [0.15, 0.2) is 11.6 Å². The number of aromatic nitrogens is 1. The fourth-order valence-corrected chi connectivity index (χ4v) is 3.78. The molecule has 0 atom stereocenters. The van der Waals surface area contributed by atoms with E-state index >= 15 is 0 Å². The van der Waals surface area contributed by atoms with Gasteiger partial charge >= 0.3 is 0 Å². The van der Waals surface area contributed by atoms with Crippen LogP contribution in [0.25, 0.3) is 10.8 Å². The standard InChI is InChI=1S/C24H15NO3/c26-22-17-8-4-5-9-18(17)23(27)21-13-19-16(12-20(21)22)10-11-25(24(19)28)14-15-6-2-1-3-7-15/h1-13H,14H2. The van der Waals surface area contributed by atoms with Crippen molar-refractivity contribution in [1.82, 2.24) is 4.57 Å². The van der Waals surface area contributed by atoms with Gasteiger partial charge in [-0.2, -0.15) is 0 Å². The molecule has 0 saturated heterocycles. The summed E-state index contributed by atoms with van der Waals surface area (Å²) in [7, 11) is 0. The van der Waals surface area contributed by atoms with E-state index in [0.717, 1.165) is 5.56 Å². The lowest BCUT2D eigenvalue weighted by Crippen LogP contribution is -2.23. The lowest BCUT2D eigenvalue weighted by molar-refractivity contribution is 0.0979. The maximum atomic E-state index is 13.0. The van der Waals surface area contributed by atoms with Crippen molar-refractivity contribution >= 4 is 22.3 Å². The number of nitrogens with zero attached hydrogens (tertiary/aromatic N) is 1. The zero-order chi connectivity index (χ0) is 19.3. The van der Waals surface area contributed by atoms with Gasteiger partial charge in [-0.1, -0.05) is 54.6 Å². The summed E-state index contributed by atoms with van der Waals surface area (Å²) in [4.78, 5) is 38.8. The van der Waals surface area contributed by atoms with E-state index < -0.39 is 0 Å². The van der Waals surface area contributed by atoms with Gasteiger partial charge in [-0.3, -0.25) is 14.4 Å². The number of carbonyl (C=O) groups is 2. The molecule has 0 aliphatic heterocycles. The molecule has 0 radical (unpaired) electrons. The molecule has 4 aromatic rings. The molecule has 5 rings (SSSR count). The summed E-state index contributed by atoms with van der Waals surface area (Å²) >= 11 is 0. The highest BCUT2D eigenvalue weighted by atomic mass is 16.1. The van der Waals surface area contributed by atoms with Crippen LogP contribution < -0.4 is 5.56 Å². The Morgan fingerprint density at radius 3 is 1.93 bits per heavy atom. The molecule has 0 fully saturated rings. The fourth-order valence-electron chi connectivity index (χ4n) is 3.78. The lowest BCUT2D eigenvalue weighted by Gasteiger charge is -2.18. The minimum Gasteiger partial charge on any atom is -0.311 e. The summed E-state index contributed by atoms with van der Waals surface area (Å²) in [5.74, 6) is -0.398. The highest BCUT2D eigenvalue weighted by Crippen LogP contribution is 2.29. The van der Waals surface area contributed by atoms with Crippen LogP contribution in [-0.4, -0.2) is 16.1 Å². The van der Waals surface area contributed by atoms with Gasteiger partial charge in [0.05, 0.1) is 6.54 Å². The Hall–Kier alpha value is -3.79. The monoisotopic (exact) mass is 365 g/mol. The number of ketones is 2. The maximum Gasteiger partial charge on any atom is 0.258 e. The Kier molecular flexibility index (Phi) is 3.59. The number of pyridine rings is 1. The van der Waals surface area contributed by atoms with Crippen molar-refractivity contribution in [3.05, 3.63) is 117 Å². The van der Waals surface area contributed by atoms with E-state index in [1.54, 1.807) is 47.2 Å². The molecular weight excluding hydrogens is 350 g/mol. The van der Waals surface area contributed by atoms with E-state index in [2.05, 4.69) is 0 Å². The van der Waals surface area contributed by atoms with Gasteiger partial charge < -0.3 is 4.57 Å². The quantitative estimate of drug-likeness (QED) is 0.478. The van der Waals surface area contributed by atoms with E-state index in [-0.39, 0.29) is 17.1 Å². The van der Waals surface area contributed by atoms with Crippen LogP contribution in [0.2, 0.25) is 0 Å². The second-order valence-electron chi connectivity index (χ2n) is 6.92. The number of benzene rings is 3. The molecule has 1 heterocycles. The van der Waals surface area contributed by atoms with Crippen LogP contribution in [0.4, 0.5) is 0 Å². The van der Waals surface area contributed by atoms with Gasteiger partial charge in [-0.15, -0.1) is 0 Å². The normalized spacial score (nSPS) is 12.7. The van der Waals surface area contributed by atoms with Gasteiger partial charge in [0.2, 0.25) is 0 Å². The first-order chi connectivity index (χ1) is 13.6. The topological polar surface area (TPSA) is 56.1 Å². The lowest BCUT2D eigenvalue weighted by atomic mass is 9.83. The maximum absolute atomic E-state index is 13.0. The average Bonchev–Trinajstić information content (AvgIpc) is 2.74. The van der Waals surface area contributed by atoms with Crippen molar-refractivity contribution in [2.75, 3.05) is 0 Å². The molecule has 0 amide bonds. The summed E-state index contributed by atoms with van der Waals surface area (Å²) in [5, 5.41) is 1.10. The number of rotatable bonds is 2. The first-order valence-electron chi connectivity index (χ1n) is 9.03. The first kappa shape index (κ1) is 16.4. The van der Waals surface area contributed by atoms with Crippen molar-refractivity contribution in [1.29, 1.82) is 0 Å². The molecule has 0 saturated carbocycles. The summed E-state index contributed by atoms with van der Waals surface area (Å²) < 4.78 is 1.62. The average molecular weight is 365 g/mol. The molecule has 0 spiro atoms. The van der Waals surface area contributed by atoms with Gasteiger partial charge in [-0.05, 0) is 29.1 Å². The highest BCUT2D eigenvalue weighted by Gasteiger charge is 2.30. The first-order valence-corrected chi connectivity index (χ1v) is 9.03. The molecule has 134 valence electrons. The van der Waals surface area contributed by atoms with Crippen LogP contribution in [0.3, 0.4) is 0 Å². The molecule has 4 heteroatoms. The molecule has 1 aliphatic rings. The summed E-state index contributed by atoms with van der Waals surface area (Å²) in [6.45, 7) is 0.447. The van der Waals surface area contributed by atoms with Crippen LogP contribution in [0.15, 0.2) is 83.8 Å². The molecular formula is C24H15NO3. The van der Waals surface area contributed by atoms with Crippen LogP contribution >= 0.6 is 0 Å². The van der Waals surface area contributed by atoms with Crippen molar-refractivity contribution in [2.24, 2.45) is 0 Å². The molecule has 0 N–H and O–H groups in total. The third kappa shape index (κ3) is 2.42. The minimum atomic E-state index is -0.218. The predicted molar refractivity (Wildman–Crippen MR) is 107 cm³/mol. The number of hydrogen-bond acceptors (Lipinski definition) is 3. The van der Waals surface area contributed by atoms with E-state index in [0.29, 0.717) is 39.6 Å². The SMILES string of the molecule is O=C1c2ccccc2C(=O)c2cc3c(=O)n(Cc4ccccc4)ccc3cc21. The van der Waals surface area contributed by atoms with E-state index in [4.69, 9.17) is 0 Å². The molecule has 4 nitrogen and oxygen atoms in total. The van der Waals surface area contributed by atoms with E-state index in [1.807, 2.05) is 36.4 Å². The van der Waals surface area contributed by atoms with Crippen LogP contribution in [0.1, 0.15) is 37.4 Å². The van der Waals surface area contributed by atoms with Gasteiger partial charge in [0.25, 0.3) is 5.56 Å². The van der Waals surface area contributed by atoms with Gasteiger partial charge in [0, 0.05) is 33.8 Å². The summed E-state index contributed by atoms with van der Waals surface area (Å²) in [5.41, 5.74) is 2.30. The van der Waals surface area contributed by atoms with Crippen molar-refractivity contribution < 1.29 is 9.59 Å². The Morgan fingerprint density at radius 1 is 0.643 bits per heavy atom.